The molecule has 7 heteroatoms. The zero-order valence-electron chi connectivity index (χ0n) is 17.5. The SMILES string of the molecule is CCCCCC/C=C/CCCCCCCC(=O)Nc1cccc(OP(=O)(O)O)c1. The number of phosphoric acid groups is 1. The second-order valence-corrected chi connectivity index (χ2v) is 8.45. The Balaban J connectivity index is 2.06. The molecule has 0 spiro atoms. The van der Waals surface area contributed by atoms with E-state index in [4.69, 9.17) is 9.79 Å². The summed E-state index contributed by atoms with van der Waals surface area (Å²) in [7, 11) is -4.60. The van der Waals surface area contributed by atoms with Crippen molar-refractivity contribution in [2.75, 3.05) is 5.32 Å². The van der Waals surface area contributed by atoms with E-state index in [1.807, 2.05) is 0 Å². The highest BCUT2D eigenvalue weighted by molar-refractivity contribution is 7.46. The second-order valence-electron chi connectivity index (χ2n) is 7.29. The molecular formula is C22H36NO5P. The zero-order chi connectivity index (χ0) is 21.4. The van der Waals surface area contributed by atoms with Gasteiger partial charge in [0.15, 0.2) is 0 Å². The molecule has 0 saturated heterocycles. The molecule has 1 rings (SSSR count). The molecule has 0 aliphatic carbocycles. The zero-order valence-corrected chi connectivity index (χ0v) is 18.4. The molecule has 1 amide bonds. The van der Waals surface area contributed by atoms with Crippen LogP contribution < -0.4 is 9.84 Å². The van der Waals surface area contributed by atoms with Gasteiger partial charge >= 0.3 is 7.82 Å². The summed E-state index contributed by atoms with van der Waals surface area (Å²) in [6, 6.07) is 6.05. The third kappa shape index (κ3) is 15.0. The number of carbonyl (C=O) groups excluding carboxylic acids is 1. The highest BCUT2D eigenvalue weighted by atomic mass is 31.2. The Labute approximate surface area is 175 Å². The van der Waals surface area contributed by atoms with Gasteiger partial charge in [-0.15, -0.1) is 0 Å². The maximum Gasteiger partial charge on any atom is 0.524 e. The summed E-state index contributed by atoms with van der Waals surface area (Å²) in [6.07, 6.45) is 18.0. The van der Waals surface area contributed by atoms with Crippen molar-refractivity contribution in [2.24, 2.45) is 0 Å². The monoisotopic (exact) mass is 425 g/mol. The lowest BCUT2D eigenvalue weighted by atomic mass is 10.1. The van der Waals surface area contributed by atoms with Crippen molar-refractivity contribution in [1.82, 2.24) is 0 Å². The quantitative estimate of drug-likeness (QED) is 0.163. The van der Waals surface area contributed by atoms with Crippen LogP contribution in [0.5, 0.6) is 5.75 Å². The van der Waals surface area contributed by atoms with Gasteiger partial charge in [-0.3, -0.25) is 14.6 Å². The minimum Gasteiger partial charge on any atom is -0.404 e. The molecule has 6 nitrogen and oxygen atoms in total. The largest absolute Gasteiger partial charge is 0.524 e. The van der Waals surface area contributed by atoms with Crippen molar-refractivity contribution >= 4 is 19.4 Å². The normalized spacial score (nSPS) is 11.7. The molecule has 0 atom stereocenters. The smallest absolute Gasteiger partial charge is 0.404 e. The number of benzene rings is 1. The Bertz CT molecular complexity index is 656. The number of unbranched alkanes of at least 4 members (excludes halogenated alkanes) is 9. The van der Waals surface area contributed by atoms with Gasteiger partial charge in [-0.25, -0.2) is 4.57 Å². The second kappa shape index (κ2) is 15.3. The van der Waals surface area contributed by atoms with Gasteiger partial charge in [0.2, 0.25) is 5.91 Å². The predicted molar refractivity (Wildman–Crippen MR) is 118 cm³/mol. The van der Waals surface area contributed by atoms with Crippen molar-refractivity contribution < 1.29 is 23.7 Å². The summed E-state index contributed by atoms with van der Waals surface area (Å²) in [5.74, 6) is -0.0875. The van der Waals surface area contributed by atoms with Crippen molar-refractivity contribution in [3.05, 3.63) is 36.4 Å². The first-order valence-corrected chi connectivity index (χ1v) is 12.2. The Morgan fingerprint density at radius 2 is 1.62 bits per heavy atom. The maximum absolute atomic E-state index is 12.0. The maximum atomic E-state index is 12.0. The standard InChI is InChI=1S/C22H36NO5P/c1-2-3-4-5-6-7-8-9-10-11-12-13-14-18-22(24)23-20-16-15-17-21(19-20)28-29(25,26)27/h7-8,15-17,19H,2-6,9-14,18H2,1H3,(H,23,24)(H2,25,26,27)/b8-7+. The minimum absolute atomic E-state index is 0.0196. The van der Waals surface area contributed by atoms with E-state index in [2.05, 4.69) is 28.9 Å². The lowest BCUT2D eigenvalue weighted by molar-refractivity contribution is -0.116. The van der Waals surface area contributed by atoms with Gasteiger partial charge in [-0.05, 0) is 44.2 Å². The first-order chi connectivity index (χ1) is 13.9. The molecule has 0 unspecified atom stereocenters. The highest BCUT2D eigenvalue weighted by Crippen LogP contribution is 2.38. The number of rotatable bonds is 16. The summed E-state index contributed by atoms with van der Waals surface area (Å²) >= 11 is 0. The summed E-state index contributed by atoms with van der Waals surface area (Å²) in [4.78, 5) is 29.7. The first kappa shape index (κ1) is 25.4. The van der Waals surface area contributed by atoms with Crippen molar-refractivity contribution in [3.8, 4) is 5.75 Å². The highest BCUT2D eigenvalue weighted by Gasteiger charge is 2.16. The van der Waals surface area contributed by atoms with E-state index in [0.29, 0.717) is 12.1 Å². The number of amides is 1. The molecule has 29 heavy (non-hydrogen) atoms. The van der Waals surface area contributed by atoms with Gasteiger partial charge < -0.3 is 9.84 Å². The Kier molecular flexibility index (Phi) is 13.4. The number of nitrogens with one attached hydrogen (secondary N) is 1. The van der Waals surface area contributed by atoms with Crippen LogP contribution in [0.2, 0.25) is 0 Å². The van der Waals surface area contributed by atoms with Crippen LogP contribution in [0, 0.1) is 0 Å². The number of allylic oxidation sites excluding steroid dienone is 2. The molecule has 0 saturated carbocycles. The fourth-order valence-corrected chi connectivity index (χ4v) is 3.38. The fourth-order valence-electron chi connectivity index (χ4n) is 2.99. The molecule has 0 fully saturated rings. The molecule has 3 N–H and O–H groups in total. The molecular weight excluding hydrogens is 389 g/mol. The third-order valence-corrected chi connectivity index (χ3v) is 4.96. The van der Waals surface area contributed by atoms with Crippen LogP contribution >= 0.6 is 7.82 Å². The Morgan fingerprint density at radius 1 is 1.00 bits per heavy atom. The van der Waals surface area contributed by atoms with Crippen LogP contribution in [-0.4, -0.2) is 15.7 Å². The fraction of sp³-hybridized carbons (Fsp3) is 0.591. The van der Waals surface area contributed by atoms with Gasteiger partial charge in [0.25, 0.3) is 0 Å². The van der Waals surface area contributed by atoms with E-state index >= 15 is 0 Å². The average molecular weight is 426 g/mol. The molecule has 1 aromatic rings. The number of anilines is 1. The first-order valence-electron chi connectivity index (χ1n) is 10.7. The molecule has 0 bridgehead atoms. The van der Waals surface area contributed by atoms with E-state index in [9.17, 15) is 9.36 Å². The summed E-state index contributed by atoms with van der Waals surface area (Å²) in [6.45, 7) is 2.23. The predicted octanol–water partition coefficient (Wildman–Crippen LogP) is 6.35. The van der Waals surface area contributed by atoms with E-state index in [0.717, 1.165) is 25.7 Å². The molecule has 1 aromatic carbocycles. The van der Waals surface area contributed by atoms with Gasteiger partial charge in [-0.2, -0.15) is 0 Å². The third-order valence-electron chi connectivity index (χ3n) is 4.51. The van der Waals surface area contributed by atoms with Crippen LogP contribution in [0.1, 0.15) is 84.0 Å². The van der Waals surface area contributed by atoms with E-state index in [1.165, 1.54) is 57.1 Å². The van der Waals surface area contributed by atoms with Crippen LogP contribution in [0.15, 0.2) is 36.4 Å². The molecule has 0 aliphatic rings. The van der Waals surface area contributed by atoms with Crippen molar-refractivity contribution in [1.29, 1.82) is 0 Å². The summed E-state index contributed by atoms with van der Waals surface area (Å²) < 4.78 is 15.4. The van der Waals surface area contributed by atoms with E-state index in [-0.39, 0.29) is 11.7 Å². The summed E-state index contributed by atoms with van der Waals surface area (Å²) in [5.41, 5.74) is 0.461. The van der Waals surface area contributed by atoms with Gasteiger partial charge in [0.05, 0.1) is 0 Å². The Hall–Kier alpha value is -1.62. The van der Waals surface area contributed by atoms with Crippen molar-refractivity contribution in [3.63, 3.8) is 0 Å². The number of hydrogen-bond donors (Lipinski definition) is 3. The van der Waals surface area contributed by atoms with E-state index < -0.39 is 7.82 Å². The lowest BCUT2D eigenvalue weighted by Gasteiger charge is -2.09. The lowest BCUT2D eigenvalue weighted by Crippen LogP contribution is -2.11. The van der Waals surface area contributed by atoms with Crippen LogP contribution in [0.3, 0.4) is 0 Å². The van der Waals surface area contributed by atoms with Gasteiger partial charge in [-0.1, -0.05) is 63.7 Å². The van der Waals surface area contributed by atoms with Crippen LogP contribution in [0.25, 0.3) is 0 Å². The van der Waals surface area contributed by atoms with Gasteiger partial charge in [0.1, 0.15) is 5.75 Å². The number of hydrogen-bond acceptors (Lipinski definition) is 3. The molecule has 0 aliphatic heterocycles. The summed E-state index contributed by atoms with van der Waals surface area (Å²) in [5, 5.41) is 2.73. The van der Waals surface area contributed by atoms with Crippen LogP contribution in [0.4, 0.5) is 5.69 Å². The topological polar surface area (TPSA) is 95.9 Å². The molecule has 0 aromatic heterocycles. The average Bonchev–Trinajstić information content (AvgIpc) is 2.64. The van der Waals surface area contributed by atoms with Crippen LogP contribution in [-0.2, 0) is 9.36 Å². The van der Waals surface area contributed by atoms with Crippen molar-refractivity contribution in [2.45, 2.75) is 84.0 Å². The van der Waals surface area contributed by atoms with Gasteiger partial charge in [0, 0.05) is 18.2 Å². The number of phosphoric ester groups is 1. The number of carbonyl (C=O) groups is 1. The molecule has 0 heterocycles. The Morgan fingerprint density at radius 3 is 2.28 bits per heavy atom. The minimum atomic E-state index is -4.60. The van der Waals surface area contributed by atoms with E-state index in [1.54, 1.807) is 12.1 Å². The molecule has 164 valence electrons. The molecule has 0 radical (unpaired) electrons.